The van der Waals surface area contributed by atoms with E-state index in [0.717, 1.165) is 0 Å². The Morgan fingerprint density at radius 2 is 2.05 bits per heavy atom. The number of rotatable bonds is 4. The number of carbonyl (C=O) groups excluding carboxylic acids is 1. The second-order valence-corrected chi connectivity index (χ2v) is 3.99. The van der Waals surface area contributed by atoms with Crippen LogP contribution in [0, 0.1) is 5.82 Å². The van der Waals surface area contributed by atoms with E-state index in [0.29, 0.717) is 16.9 Å². The molecule has 0 fully saturated rings. The molecule has 0 aliphatic carbocycles. The lowest BCUT2D eigenvalue weighted by Gasteiger charge is -2.02. The van der Waals surface area contributed by atoms with Crippen molar-refractivity contribution in [2.45, 2.75) is 0 Å². The van der Waals surface area contributed by atoms with Crippen LogP contribution in [0.4, 0.5) is 4.39 Å². The third-order valence-corrected chi connectivity index (χ3v) is 2.56. The summed E-state index contributed by atoms with van der Waals surface area (Å²) in [4.78, 5) is 11.8. The molecule has 1 N–H and O–H groups in total. The summed E-state index contributed by atoms with van der Waals surface area (Å²) in [7, 11) is 1.53. The molecule has 0 radical (unpaired) electrons. The first-order valence-corrected chi connectivity index (χ1v) is 5.92. The third-order valence-electron chi connectivity index (χ3n) is 2.56. The first-order valence-electron chi connectivity index (χ1n) is 5.92. The quantitative estimate of drug-likeness (QED) is 0.687. The molecule has 0 aromatic heterocycles. The zero-order valence-corrected chi connectivity index (χ0v) is 10.8. The fraction of sp³-hybridized carbons (Fsp3) is 0.0667. The predicted molar refractivity (Wildman–Crippen MR) is 74.5 cm³/mol. The van der Waals surface area contributed by atoms with Gasteiger partial charge in [0.2, 0.25) is 0 Å². The molecule has 0 unspecified atom stereocenters. The highest BCUT2D eigenvalue weighted by molar-refractivity contribution is 5.95. The molecule has 102 valence electrons. The highest BCUT2D eigenvalue weighted by Gasteiger charge is 2.04. The average Bonchev–Trinajstić information content (AvgIpc) is 2.47. The minimum atomic E-state index is -0.364. The molecule has 0 atom stereocenters. The van der Waals surface area contributed by atoms with E-state index in [-0.39, 0.29) is 11.7 Å². The number of hydrogen-bond donors (Lipinski definition) is 1. The van der Waals surface area contributed by atoms with Crippen molar-refractivity contribution in [3.63, 3.8) is 0 Å². The number of carbonyl (C=O) groups is 1. The smallest absolute Gasteiger partial charge is 0.271 e. The first-order chi connectivity index (χ1) is 9.69. The van der Waals surface area contributed by atoms with Crippen molar-refractivity contribution in [1.29, 1.82) is 0 Å². The number of amides is 1. The van der Waals surface area contributed by atoms with E-state index < -0.39 is 0 Å². The van der Waals surface area contributed by atoms with E-state index in [1.165, 1.54) is 25.5 Å². The molecule has 1 amide bonds. The summed E-state index contributed by atoms with van der Waals surface area (Å²) < 4.78 is 18.0. The minimum absolute atomic E-state index is 0.354. The maximum Gasteiger partial charge on any atom is 0.271 e. The Kier molecular flexibility index (Phi) is 4.44. The molecule has 0 aliphatic rings. The molecular formula is C15H13FN2O2. The van der Waals surface area contributed by atoms with E-state index >= 15 is 0 Å². The summed E-state index contributed by atoms with van der Waals surface area (Å²) in [6.07, 6.45) is 1.38. The number of halogens is 1. The molecule has 4 nitrogen and oxygen atoms in total. The van der Waals surface area contributed by atoms with Crippen LogP contribution in [0.25, 0.3) is 0 Å². The summed E-state index contributed by atoms with van der Waals surface area (Å²) in [6, 6.07) is 12.6. The van der Waals surface area contributed by atoms with Crippen molar-refractivity contribution in [2.75, 3.05) is 7.11 Å². The number of hydrogen-bond acceptors (Lipinski definition) is 3. The van der Waals surface area contributed by atoms with Gasteiger partial charge in [-0.1, -0.05) is 18.2 Å². The number of hydrazone groups is 1. The van der Waals surface area contributed by atoms with Crippen molar-refractivity contribution in [3.05, 3.63) is 65.5 Å². The lowest BCUT2D eigenvalue weighted by Crippen LogP contribution is -2.17. The lowest BCUT2D eigenvalue weighted by molar-refractivity contribution is 0.0955. The van der Waals surface area contributed by atoms with Gasteiger partial charge in [0, 0.05) is 5.56 Å². The summed E-state index contributed by atoms with van der Waals surface area (Å²) in [6.45, 7) is 0. The molecule has 5 heteroatoms. The fourth-order valence-corrected chi connectivity index (χ4v) is 1.58. The second kappa shape index (κ2) is 6.47. The van der Waals surface area contributed by atoms with Crippen LogP contribution in [0.3, 0.4) is 0 Å². The van der Waals surface area contributed by atoms with Crippen LogP contribution in [0.5, 0.6) is 5.75 Å². The Hall–Kier alpha value is -2.69. The van der Waals surface area contributed by atoms with Gasteiger partial charge < -0.3 is 4.74 Å². The fourth-order valence-electron chi connectivity index (χ4n) is 1.58. The Morgan fingerprint density at radius 1 is 1.25 bits per heavy atom. The average molecular weight is 272 g/mol. The number of ether oxygens (including phenoxy) is 1. The van der Waals surface area contributed by atoms with Gasteiger partial charge in [0.15, 0.2) is 0 Å². The largest absolute Gasteiger partial charge is 0.497 e. The van der Waals surface area contributed by atoms with E-state index in [9.17, 15) is 9.18 Å². The van der Waals surface area contributed by atoms with Gasteiger partial charge >= 0.3 is 0 Å². The summed E-state index contributed by atoms with van der Waals surface area (Å²) in [5.41, 5.74) is 3.37. The van der Waals surface area contributed by atoms with Crippen molar-refractivity contribution < 1.29 is 13.9 Å². The Bertz CT molecular complexity index is 641. The number of benzene rings is 2. The Balaban J connectivity index is 2.01. The monoisotopic (exact) mass is 272 g/mol. The zero-order chi connectivity index (χ0) is 14.4. The van der Waals surface area contributed by atoms with Crippen LogP contribution in [0.1, 0.15) is 15.9 Å². The lowest BCUT2D eigenvalue weighted by atomic mass is 10.2. The predicted octanol–water partition coefficient (Wildman–Crippen LogP) is 2.60. The molecule has 0 aliphatic heterocycles. The highest BCUT2D eigenvalue weighted by atomic mass is 19.1. The van der Waals surface area contributed by atoms with Gasteiger partial charge in [0.05, 0.1) is 13.3 Å². The molecule has 2 rings (SSSR count). The van der Waals surface area contributed by atoms with Crippen LogP contribution in [0.2, 0.25) is 0 Å². The van der Waals surface area contributed by atoms with Gasteiger partial charge in [-0.2, -0.15) is 5.10 Å². The zero-order valence-electron chi connectivity index (χ0n) is 10.8. The summed E-state index contributed by atoms with van der Waals surface area (Å²) in [5, 5.41) is 3.78. The normalized spacial score (nSPS) is 10.5. The molecule has 0 spiro atoms. The molecule has 20 heavy (non-hydrogen) atoms. The topological polar surface area (TPSA) is 50.7 Å². The Labute approximate surface area is 115 Å². The Morgan fingerprint density at radius 3 is 2.80 bits per heavy atom. The summed E-state index contributed by atoms with van der Waals surface area (Å²) >= 11 is 0. The van der Waals surface area contributed by atoms with Crippen LogP contribution < -0.4 is 10.2 Å². The molecule has 0 bridgehead atoms. The van der Waals surface area contributed by atoms with Gasteiger partial charge in [-0.05, 0) is 35.9 Å². The molecule has 0 heterocycles. The third kappa shape index (κ3) is 3.65. The van der Waals surface area contributed by atoms with Crippen LogP contribution in [-0.4, -0.2) is 19.2 Å². The van der Waals surface area contributed by atoms with E-state index in [2.05, 4.69) is 10.5 Å². The molecule has 2 aromatic carbocycles. The van der Waals surface area contributed by atoms with Crippen molar-refractivity contribution in [3.8, 4) is 5.75 Å². The SMILES string of the molecule is COc1cccc(C(=O)NN=Cc2cccc(F)c2)c1. The minimum Gasteiger partial charge on any atom is -0.497 e. The maximum absolute atomic E-state index is 12.9. The number of methoxy groups -OCH3 is 1. The van der Waals surface area contributed by atoms with Crippen LogP contribution in [0.15, 0.2) is 53.6 Å². The molecule has 0 saturated heterocycles. The molecular weight excluding hydrogens is 259 g/mol. The van der Waals surface area contributed by atoms with Crippen molar-refractivity contribution in [2.24, 2.45) is 5.10 Å². The van der Waals surface area contributed by atoms with E-state index in [4.69, 9.17) is 4.74 Å². The van der Waals surface area contributed by atoms with E-state index in [1.54, 1.807) is 36.4 Å². The molecule has 2 aromatic rings. The number of nitrogens with one attached hydrogen (secondary N) is 1. The second-order valence-electron chi connectivity index (χ2n) is 3.99. The van der Waals surface area contributed by atoms with Crippen LogP contribution >= 0.6 is 0 Å². The standard InChI is InChI=1S/C15H13FN2O2/c1-20-14-7-3-5-12(9-14)15(19)18-17-10-11-4-2-6-13(16)8-11/h2-10H,1H3,(H,18,19). The van der Waals surface area contributed by atoms with Crippen molar-refractivity contribution >= 4 is 12.1 Å². The van der Waals surface area contributed by atoms with Gasteiger partial charge in [-0.3, -0.25) is 4.79 Å². The van der Waals surface area contributed by atoms with Gasteiger partial charge in [0.1, 0.15) is 11.6 Å². The first kappa shape index (κ1) is 13.7. The van der Waals surface area contributed by atoms with Crippen molar-refractivity contribution in [1.82, 2.24) is 5.43 Å². The maximum atomic E-state index is 12.9. The van der Waals surface area contributed by atoms with Crippen LogP contribution in [-0.2, 0) is 0 Å². The summed E-state index contributed by atoms with van der Waals surface area (Å²) in [5.74, 6) is -0.128. The number of nitrogens with zero attached hydrogens (tertiary/aromatic N) is 1. The highest BCUT2D eigenvalue weighted by Crippen LogP contribution is 2.12. The van der Waals surface area contributed by atoms with Gasteiger partial charge in [-0.15, -0.1) is 0 Å². The van der Waals surface area contributed by atoms with Gasteiger partial charge in [-0.25, -0.2) is 9.82 Å². The van der Waals surface area contributed by atoms with Gasteiger partial charge in [0.25, 0.3) is 5.91 Å². The molecule has 0 saturated carbocycles. The van der Waals surface area contributed by atoms with E-state index in [1.807, 2.05) is 0 Å².